The quantitative estimate of drug-likeness (QED) is 0.412. The Kier molecular flexibility index (Phi) is 6.82. The molecule has 192 valence electrons. The molecule has 0 radical (unpaired) electrons. The lowest BCUT2D eigenvalue weighted by molar-refractivity contribution is -0.142. The lowest BCUT2D eigenvalue weighted by Gasteiger charge is -2.44. The van der Waals surface area contributed by atoms with Crippen LogP contribution in [0.4, 0.5) is 13.2 Å². The van der Waals surface area contributed by atoms with Crippen LogP contribution in [-0.4, -0.2) is 58.3 Å². The summed E-state index contributed by atoms with van der Waals surface area (Å²) in [7, 11) is 1.42. The molecule has 1 aromatic carbocycles. The Morgan fingerprint density at radius 2 is 1.94 bits per heavy atom. The molecule has 2 aliphatic rings. The summed E-state index contributed by atoms with van der Waals surface area (Å²) in [5.41, 5.74) is -1.43. The van der Waals surface area contributed by atoms with Gasteiger partial charge in [0.05, 0.1) is 19.4 Å². The van der Waals surface area contributed by atoms with E-state index in [0.717, 1.165) is 44.8 Å². The van der Waals surface area contributed by atoms with E-state index in [4.69, 9.17) is 21.1 Å². The number of rotatable bonds is 5. The third-order valence-corrected chi connectivity index (χ3v) is 7.40. The molecule has 0 N–H and O–H groups in total. The van der Waals surface area contributed by atoms with E-state index in [1.165, 1.54) is 13.5 Å². The maximum Gasteiger partial charge on any atom is 0.433 e. The van der Waals surface area contributed by atoms with Gasteiger partial charge in [-0.3, -0.25) is 4.90 Å². The van der Waals surface area contributed by atoms with Crippen molar-refractivity contribution in [2.75, 3.05) is 26.8 Å². The predicted molar refractivity (Wildman–Crippen MR) is 127 cm³/mol. The molecular weight excluding hydrogens is 497 g/mol. The third kappa shape index (κ3) is 4.64. The van der Waals surface area contributed by atoms with Gasteiger partial charge in [0.2, 0.25) is 0 Å². The first kappa shape index (κ1) is 24.8. The Labute approximate surface area is 211 Å². The van der Waals surface area contributed by atoms with Crippen molar-refractivity contribution in [2.24, 2.45) is 5.92 Å². The minimum Gasteiger partial charge on any atom is -0.496 e. The van der Waals surface area contributed by atoms with Crippen molar-refractivity contribution in [3.63, 3.8) is 0 Å². The van der Waals surface area contributed by atoms with Gasteiger partial charge in [0.1, 0.15) is 10.8 Å². The minimum absolute atomic E-state index is 0.00594. The fourth-order valence-electron chi connectivity index (χ4n) is 5.34. The topological polar surface area (TPSA) is 69.0 Å². The standard InChI is InChI=1S/C25H26ClF3N4O3/c1-35-19-10-3-2-8-16(19)17-13-20(25(27,28)29)33-23(30-17)21(26)22(31-33)24(34)36-14-15-7-6-12-32-11-5-4-9-18(15)32/h2-3,8,10,13,15,18H,4-7,9,11-12,14H2,1H3. The second-order valence-electron chi connectivity index (χ2n) is 9.22. The van der Waals surface area contributed by atoms with Crippen LogP contribution in [0.25, 0.3) is 16.9 Å². The van der Waals surface area contributed by atoms with Crippen molar-refractivity contribution in [3.8, 4) is 17.0 Å². The number of esters is 1. The molecule has 2 unspecified atom stereocenters. The van der Waals surface area contributed by atoms with Gasteiger partial charge in [0.25, 0.3) is 0 Å². The summed E-state index contributed by atoms with van der Waals surface area (Å²) >= 11 is 6.39. The zero-order valence-corrected chi connectivity index (χ0v) is 20.5. The van der Waals surface area contributed by atoms with E-state index in [-0.39, 0.29) is 34.6 Å². The van der Waals surface area contributed by atoms with Crippen LogP contribution in [0.3, 0.4) is 0 Å². The normalized spacial score (nSPS) is 20.8. The van der Waals surface area contributed by atoms with E-state index in [0.29, 0.717) is 21.9 Å². The first-order chi connectivity index (χ1) is 17.3. The molecule has 4 heterocycles. The number of carbonyl (C=O) groups excluding carboxylic acids is 1. The first-order valence-electron chi connectivity index (χ1n) is 12.0. The highest BCUT2D eigenvalue weighted by Crippen LogP contribution is 2.37. The molecule has 7 nitrogen and oxygen atoms in total. The van der Waals surface area contributed by atoms with Crippen LogP contribution < -0.4 is 4.74 Å². The summed E-state index contributed by atoms with van der Waals surface area (Å²) < 4.78 is 53.4. The van der Waals surface area contributed by atoms with Gasteiger partial charge in [0, 0.05) is 17.5 Å². The lowest BCUT2D eigenvalue weighted by Crippen LogP contribution is -2.49. The molecule has 11 heteroatoms. The second kappa shape index (κ2) is 9.89. The van der Waals surface area contributed by atoms with E-state index in [9.17, 15) is 18.0 Å². The van der Waals surface area contributed by atoms with Crippen LogP contribution in [0.2, 0.25) is 5.02 Å². The van der Waals surface area contributed by atoms with Crippen LogP contribution in [-0.2, 0) is 10.9 Å². The number of halogens is 4. The molecule has 0 bridgehead atoms. The summed E-state index contributed by atoms with van der Waals surface area (Å²) in [4.78, 5) is 19.7. The maximum atomic E-state index is 14.0. The number of ether oxygens (including phenoxy) is 2. The van der Waals surface area contributed by atoms with Gasteiger partial charge in [-0.1, -0.05) is 30.2 Å². The fraction of sp³-hybridized carbons (Fsp3) is 0.480. The van der Waals surface area contributed by atoms with Crippen LogP contribution in [0.5, 0.6) is 5.75 Å². The SMILES string of the molecule is COc1ccccc1-c1cc(C(F)(F)F)n2nc(C(=O)OCC3CCCN4CCCCC34)c(Cl)c2n1. The number of hydrogen-bond donors (Lipinski definition) is 0. The van der Waals surface area contributed by atoms with E-state index in [1.807, 2.05) is 0 Å². The van der Waals surface area contributed by atoms with E-state index in [2.05, 4.69) is 15.0 Å². The van der Waals surface area contributed by atoms with Gasteiger partial charge < -0.3 is 9.47 Å². The van der Waals surface area contributed by atoms with E-state index in [1.54, 1.807) is 24.3 Å². The average molecular weight is 523 g/mol. The number of piperidine rings is 2. The minimum atomic E-state index is -4.78. The number of hydrogen-bond acceptors (Lipinski definition) is 6. The Morgan fingerprint density at radius 3 is 2.72 bits per heavy atom. The van der Waals surface area contributed by atoms with Gasteiger partial charge in [0.15, 0.2) is 17.0 Å². The van der Waals surface area contributed by atoms with Gasteiger partial charge in [-0.15, -0.1) is 0 Å². The average Bonchev–Trinajstić information content (AvgIpc) is 3.22. The summed E-state index contributed by atoms with van der Waals surface area (Å²) in [5.74, 6) is -0.327. The highest BCUT2D eigenvalue weighted by Gasteiger charge is 2.38. The zero-order valence-electron chi connectivity index (χ0n) is 19.7. The number of fused-ring (bicyclic) bond motifs is 2. The lowest BCUT2D eigenvalue weighted by atomic mass is 9.84. The monoisotopic (exact) mass is 522 g/mol. The first-order valence-corrected chi connectivity index (χ1v) is 12.4. The molecule has 2 saturated heterocycles. The van der Waals surface area contributed by atoms with Gasteiger partial charge in [-0.25, -0.2) is 14.3 Å². The summed E-state index contributed by atoms with van der Waals surface area (Å²) in [6.45, 7) is 2.28. The maximum absolute atomic E-state index is 14.0. The van der Waals surface area contributed by atoms with Crippen molar-refractivity contribution < 1.29 is 27.4 Å². The Morgan fingerprint density at radius 1 is 1.17 bits per heavy atom. The molecule has 3 aromatic rings. The number of nitrogens with zero attached hydrogens (tertiary/aromatic N) is 4. The molecule has 2 atom stereocenters. The second-order valence-corrected chi connectivity index (χ2v) is 9.60. The number of benzene rings is 1. The van der Waals surface area contributed by atoms with Gasteiger partial charge in [-0.05, 0) is 57.0 Å². The molecule has 0 aliphatic carbocycles. The number of carbonyl (C=O) groups is 1. The summed E-state index contributed by atoms with van der Waals surface area (Å²) in [6.07, 6.45) is 0.562. The summed E-state index contributed by atoms with van der Waals surface area (Å²) in [5, 5.41) is 3.60. The van der Waals surface area contributed by atoms with Gasteiger partial charge in [-0.2, -0.15) is 18.3 Å². The smallest absolute Gasteiger partial charge is 0.433 e. The highest BCUT2D eigenvalue weighted by molar-refractivity contribution is 6.36. The molecular formula is C25H26ClF3N4O3. The zero-order chi connectivity index (χ0) is 25.4. The van der Waals surface area contributed by atoms with Crippen molar-refractivity contribution in [1.82, 2.24) is 19.5 Å². The fourth-order valence-corrected chi connectivity index (χ4v) is 5.58. The largest absolute Gasteiger partial charge is 0.496 e. The Balaban J connectivity index is 1.47. The molecule has 0 saturated carbocycles. The van der Waals surface area contributed by atoms with Crippen molar-refractivity contribution in [1.29, 1.82) is 0 Å². The van der Waals surface area contributed by atoms with E-state index >= 15 is 0 Å². The molecule has 2 aromatic heterocycles. The van der Waals surface area contributed by atoms with E-state index < -0.39 is 17.8 Å². The molecule has 2 fully saturated rings. The molecule has 2 aliphatic heterocycles. The highest BCUT2D eigenvalue weighted by atomic mass is 35.5. The number of aromatic nitrogens is 3. The molecule has 0 spiro atoms. The van der Waals surface area contributed by atoms with Crippen LogP contribution in [0.1, 0.15) is 48.3 Å². The van der Waals surface area contributed by atoms with Gasteiger partial charge >= 0.3 is 12.1 Å². The van der Waals surface area contributed by atoms with Crippen molar-refractivity contribution >= 4 is 23.2 Å². The molecule has 5 rings (SSSR count). The van der Waals surface area contributed by atoms with Crippen molar-refractivity contribution in [3.05, 3.63) is 46.7 Å². The predicted octanol–water partition coefficient (Wildman–Crippen LogP) is 5.50. The van der Waals surface area contributed by atoms with Crippen LogP contribution in [0, 0.1) is 5.92 Å². The number of alkyl halides is 3. The Hall–Kier alpha value is -2.85. The van der Waals surface area contributed by atoms with Crippen LogP contribution >= 0.6 is 11.6 Å². The number of para-hydroxylation sites is 1. The summed E-state index contributed by atoms with van der Waals surface area (Å²) in [6, 6.07) is 7.80. The molecule has 0 amide bonds. The van der Waals surface area contributed by atoms with Crippen molar-refractivity contribution in [2.45, 2.75) is 44.3 Å². The Bertz CT molecular complexity index is 1280. The molecule has 36 heavy (non-hydrogen) atoms. The van der Waals surface area contributed by atoms with Crippen LogP contribution in [0.15, 0.2) is 30.3 Å². The number of methoxy groups -OCH3 is 1. The third-order valence-electron chi connectivity index (χ3n) is 7.06.